The molecule has 0 aliphatic heterocycles. The highest BCUT2D eigenvalue weighted by atomic mass is 16.1. The summed E-state index contributed by atoms with van der Waals surface area (Å²) in [5, 5.41) is 0. The third kappa shape index (κ3) is 1.95. The van der Waals surface area contributed by atoms with E-state index in [-0.39, 0.29) is 22.5 Å². The summed E-state index contributed by atoms with van der Waals surface area (Å²) < 4.78 is 0. The van der Waals surface area contributed by atoms with Crippen molar-refractivity contribution >= 4 is 11.6 Å². The number of allylic oxidation sites excluding steroid dienone is 5. The number of rotatable bonds is 1. The normalized spacial score (nSPS) is 46.9. The summed E-state index contributed by atoms with van der Waals surface area (Å²) in [6.07, 6.45) is 11.2. The van der Waals surface area contributed by atoms with Gasteiger partial charge in [0.2, 0.25) is 0 Å². The summed E-state index contributed by atoms with van der Waals surface area (Å²) in [4.78, 5) is 24.1. The van der Waals surface area contributed by atoms with Gasteiger partial charge < -0.3 is 0 Å². The molecule has 0 unspecified atom stereocenters. The average Bonchev–Trinajstić information content (AvgIpc) is 2.87. The first-order valence-electron chi connectivity index (χ1n) is 9.41. The van der Waals surface area contributed by atoms with Gasteiger partial charge in [-0.1, -0.05) is 32.1 Å². The minimum Gasteiger partial charge on any atom is -0.300 e. The predicted molar refractivity (Wildman–Crippen MR) is 95.3 cm³/mol. The molecular weight excluding hydrogens is 296 g/mol. The van der Waals surface area contributed by atoms with E-state index in [1.165, 1.54) is 12.0 Å². The van der Waals surface area contributed by atoms with E-state index in [1.54, 1.807) is 13.0 Å². The fourth-order valence-electron chi connectivity index (χ4n) is 6.88. The number of Topliss-reactive ketones (excluding diaryl/α,β-unsaturated/α-hetero) is 1. The Morgan fingerprint density at radius 3 is 2.67 bits per heavy atom. The Kier molecular flexibility index (Phi) is 3.37. The number of fused-ring (bicyclic) bond motifs is 5. The second kappa shape index (κ2) is 5.03. The Hall–Kier alpha value is -1.44. The van der Waals surface area contributed by atoms with Crippen molar-refractivity contribution in [2.45, 2.75) is 52.9 Å². The molecule has 0 saturated heterocycles. The molecule has 3 fully saturated rings. The standard InChI is InChI=1S/C22H28O2/c1-13-11-16-18-6-5-17(14(2)23)21(18,3)10-8-19(16)22(4)9-7-15(24)12-20(13)22/h7,9,12,16-19H,1,5-6,8,10-11H2,2-4H3/t16-,17+,18-,19-,21+,22+/m0/s1. The maximum absolute atomic E-state index is 12.2. The van der Waals surface area contributed by atoms with E-state index in [1.807, 2.05) is 6.08 Å². The second-order valence-electron chi connectivity index (χ2n) is 9.05. The van der Waals surface area contributed by atoms with Gasteiger partial charge >= 0.3 is 0 Å². The van der Waals surface area contributed by atoms with Crippen LogP contribution in [0.2, 0.25) is 0 Å². The lowest BCUT2D eigenvalue weighted by Crippen LogP contribution is -2.50. The molecule has 0 N–H and O–H groups in total. The Morgan fingerprint density at radius 1 is 1.21 bits per heavy atom. The lowest BCUT2D eigenvalue weighted by molar-refractivity contribution is -0.127. The van der Waals surface area contributed by atoms with E-state index in [2.05, 4.69) is 26.5 Å². The zero-order valence-corrected chi connectivity index (χ0v) is 15.1. The van der Waals surface area contributed by atoms with Gasteiger partial charge in [-0.3, -0.25) is 9.59 Å². The minimum absolute atomic E-state index is 0.0520. The Balaban J connectivity index is 1.74. The third-order valence-corrected chi connectivity index (χ3v) is 8.02. The van der Waals surface area contributed by atoms with Crippen molar-refractivity contribution in [3.63, 3.8) is 0 Å². The van der Waals surface area contributed by atoms with Crippen LogP contribution in [-0.2, 0) is 9.59 Å². The monoisotopic (exact) mass is 324 g/mol. The van der Waals surface area contributed by atoms with E-state index < -0.39 is 0 Å². The molecule has 0 heterocycles. The highest BCUT2D eigenvalue weighted by Gasteiger charge is 2.59. The van der Waals surface area contributed by atoms with Gasteiger partial charge in [-0.2, -0.15) is 0 Å². The van der Waals surface area contributed by atoms with Crippen molar-refractivity contribution in [2.24, 2.45) is 34.5 Å². The van der Waals surface area contributed by atoms with Crippen LogP contribution >= 0.6 is 0 Å². The van der Waals surface area contributed by atoms with Gasteiger partial charge in [-0.25, -0.2) is 0 Å². The van der Waals surface area contributed by atoms with Gasteiger partial charge in [0.15, 0.2) is 5.78 Å². The smallest absolute Gasteiger partial charge is 0.178 e. The summed E-state index contributed by atoms with van der Waals surface area (Å²) >= 11 is 0. The third-order valence-electron chi connectivity index (χ3n) is 8.02. The van der Waals surface area contributed by atoms with Crippen molar-refractivity contribution in [3.8, 4) is 0 Å². The van der Waals surface area contributed by atoms with Gasteiger partial charge in [-0.15, -0.1) is 0 Å². The maximum atomic E-state index is 12.2. The largest absolute Gasteiger partial charge is 0.300 e. The van der Waals surface area contributed by atoms with Crippen LogP contribution in [0.25, 0.3) is 0 Å². The van der Waals surface area contributed by atoms with Gasteiger partial charge in [0.25, 0.3) is 0 Å². The van der Waals surface area contributed by atoms with Crippen molar-refractivity contribution < 1.29 is 9.59 Å². The highest BCUT2D eigenvalue weighted by Crippen LogP contribution is 2.66. The highest BCUT2D eigenvalue weighted by molar-refractivity contribution is 6.01. The SMILES string of the molecule is C=C1C[C@H]2[C@@H]3CC[C@H](C(C)=O)[C@@]3(C)CC[C@@H]2[C@@]2(C)C=CC(=O)C=C12. The fraction of sp³-hybridized carbons (Fsp3) is 0.636. The molecule has 0 spiro atoms. The van der Waals surface area contributed by atoms with Crippen LogP contribution in [0.5, 0.6) is 0 Å². The van der Waals surface area contributed by atoms with Crippen LogP contribution in [-0.4, -0.2) is 11.6 Å². The topological polar surface area (TPSA) is 34.1 Å². The average molecular weight is 324 g/mol. The van der Waals surface area contributed by atoms with E-state index in [9.17, 15) is 9.59 Å². The molecule has 4 rings (SSSR count). The summed E-state index contributed by atoms with van der Waals surface area (Å²) in [6.45, 7) is 10.8. The number of hydrogen-bond donors (Lipinski definition) is 0. The first-order chi connectivity index (χ1) is 11.3. The Bertz CT molecular complexity index is 697. The van der Waals surface area contributed by atoms with Gasteiger partial charge in [0, 0.05) is 11.3 Å². The molecular formula is C22H28O2. The van der Waals surface area contributed by atoms with Crippen molar-refractivity contribution in [3.05, 3.63) is 36.0 Å². The molecule has 0 radical (unpaired) electrons. The molecule has 2 heteroatoms. The molecule has 3 saturated carbocycles. The predicted octanol–water partition coefficient (Wildman–Crippen LogP) is 4.67. The summed E-state index contributed by atoms with van der Waals surface area (Å²) in [6, 6.07) is 0. The molecule has 0 aromatic rings. The maximum Gasteiger partial charge on any atom is 0.178 e. The second-order valence-corrected chi connectivity index (χ2v) is 9.05. The number of ketones is 2. The van der Waals surface area contributed by atoms with Crippen LogP contribution < -0.4 is 0 Å². The van der Waals surface area contributed by atoms with Crippen LogP contribution in [0.1, 0.15) is 52.9 Å². The van der Waals surface area contributed by atoms with Crippen LogP contribution in [0.4, 0.5) is 0 Å². The molecule has 128 valence electrons. The Morgan fingerprint density at radius 2 is 1.96 bits per heavy atom. The number of carbonyl (C=O) groups excluding carboxylic acids is 2. The minimum atomic E-state index is -0.0520. The molecule has 0 aromatic carbocycles. The van der Waals surface area contributed by atoms with Gasteiger partial charge in [0.1, 0.15) is 5.78 Å². The van der Waals surface area contributed by atoms with Crippen LogP contribution in [0.3, 0.4) is 0 Å². The number of hydrogen-bond acceptors (Lipinski definition) is 2. The molecule has 0 aromatic heterocycles. The molecule has 0 bridgehead atoms. The van der Waals surface area contributed by atoms with Crippen molar-refractivity contribution in [1.82, 2.24) is 0 Å². The van der Waals surface area contributed by atoms with Gasteiger partial charge in [0.05, 0.1) is 0 Å². The molecule has 0 amide bonds. The molecule has 2 nitrogen and oxygen atoms in total. The lowest BCUT2D eigenvalue weighted by Gasteiger charge is -2.57. The summed E-state index contributed by atoms with van der Waals surface area (Å²) in [5.74, 6) is 2.50. The fourth-order valence-corrected chi connectivity index (χ4v) is 6.88. The van der Waals surface area contributed by atoms with Crippen molar-refractivity contribution in [1.29, 1.82) is 0 Å². The van der Waals surface area contributed by atoms with Crippen LogP contribution in [0.15, 0.2) is 36.0 Å². The van der Waals surface area contributed by atoms with Crippen molar-refractivity contribution in [2.75, 3.05) is 0 Å². The number of carbonyl (C=O) groups is 2. The Labute approximate surface area is 145 Å². The quantitative estimate of drug-likeness (QED) is 0.702. The first-order valence-corrected chi connectivity index (χ1v) is 9.41. The summed E-state index contributed by atoms with van der Waals surface area (Å²) in [7, 11) is 0. The van der Waals surface area contributed by atoms with Gasteiger partial charge in [-0.05, 0) is 79.9 Å². The van der Waals surface area contributed by atoms with Crippen LogP contribution in [0, 0.1) is 34.5 Å². The molecule has 24 heavy (non-hydrogen) atoms. The lowest BCUT2D eigenvalue weighted by atomic mass is 9.47. The van der Waals surface area contributed by atoms with E-state index in [0.717, 1.165) is 31.3 Å². The first kappa shape index (κ1) is 16.1. The zero-order chi connectivity index (χ0) is 17.3. The van der Waals surface area contributed by atoms with E-state index in [0.29, 0.717) is 23.5 Å². The molecule has 4 aliphatic rings. The summed E-state index contributed by atoms with van der Waals surface area (Å²) in [5.41, 5.74) is 2.43. The zero-order valence-electron chi connectivity index (χ0n) is 15.1. The molecule has 6 atom stereocenters. The molecule has 4 aliphatic carbocycles. The van der Waals surface area contributed by atoms with E-state index in [4.69, 9.17) is 0 Å². The van der Waals surface area contributed by atoms with E-state index >= 15 is 0 Å².